The minimum Gasteiger partial charge on any atom is -0.0894 e. The van der Waals surface area contributed by atoms with Crippen molar-refractivity contribution in [1.29, 1.82) is 0 Å². The largest absolute Gasteiger partial charge is 0.0894 e. The fourth-order valence-corrected chi connectivity index (χ4v) is 4.95. The van der Waals surface area contributed by atoms with Gasteiger partial charge in [0.05, 0.1) is 0 Å². The van der Waals surface area contributed by atoms with E-state index in [1.54, 1.807) is 0 Å². The molecule has 2 aromatic rings. The predicted molar refractivity (Wildman–Crippen MR) is 98.2 cm³/mol. The molecule has 0 spiro atoms. The third-order valence-electron chi connectivity index (χ3n) is 3.83. The van der Waals surface area contributed by atoms with E-state index in [0.717, 1.165) is 12.8 Å². The van der Waals surface area contributed by atoms with Gasteiger partial charge in [0, 0.05) is 31.6 Å². The van der Waals surface area contributed by atoms with Crippen LogP contribution in [0.25, 0.3) is 12.2 Å². The monoisotopic (exact) mass is 418 g/mol. The first kappa shape index (κ1) is 13.9. The third-order valence-corrected chi connectivity index (χ3v) is 5.92. The van der Waals surface area contributed by atoms with E-state index in [4.69, 9.17) is 0 Å². The zero-order valence-corrected chi connectivity index (χ0v) is 15.2. The van der Waals surface area contributed by atoms with E-state index in [0.29, 0.717) is 0 Å². The van der Waals surface area contributed by atoms with E-state index in [1.807, 2.05) is 11.8 Å². The maximum Gasteiger partial charge on any atom is 0.0197 e. The topological polar surface area (TPSA) is 0 Å². The number of halogens is 2. The smallest absolute Gasteiger partial charge is 0.0197 e. The molecule has 0 atom stereocenters. The summed E-state index contributed by atoms with van der Waals surface area (Å²) in [5.74, 6) is 0. The van der Waals surface area contributed by atoms with E-state index in [9.17, 15) is 0 Å². The molecular formula is C18H12Br2S. The standard InChI is InChI=1S/C18H12Br2S/c19-14-6-11-4-5-16(9-13(11)8-14)21-18-3-1-2-12-7-15(20)10-17(12)18/h1-5,8-10H,6-7H2. The fraction of sp³-hybridized carbons (Fsp3) is 0.111. The van der Waals surface area contributed by atoms with Crippen molar-refractivity contribution in [3.05, 3.63) is 67.6 Å². The van der Waals surface area contributed by atoms with E-state index in [-0.39, 0.29) is 0 Å². The van der Waals surface area contributed by atoms with Gasteiger partial charge >= 0.3 is 0 Å². The zero-order chi connectivity index (χ0) is 14.4. The summed E-state index contributed by atoms with van der Waals surface area (Å²) in [5.41, 5.74) is 5.53. The molecule has 0 radical (unpaired) electrons. The van der Waals surface area contributed by atoms with Crippen LogP contribution >= 0.6 is 43.6 Å². The molecule has 21 heavy (non-hydrogen) atoms. The summed E-state index contributed by atoms with van der Waals surface area (Å²) in [5, 5.41) is 0. The second-order valence-electron chi connectivity index (χ2n) is 5.33. The Morgan fingerprint density at radius 2 is 1.67 bits per heavy atom. The Bertz CT molecular complexity index is 803. The molecule has 0 heterocycles. The molecule has 0 saturated carbocycles. The van der Waals surface area contributed by atoms with Crippen molar-refractivity contribution in [3.63, 3.8) is 0 Å². The van der Waals surface area contributed by atoms with Crippen molar-refractivity contribution in [2.24, 2.45) is 0 Å². The summed E-state index contributed by atoms with van der Waals surface area (Å²) < 4.78 is 2.54. The van der Waals surface area contributed by atoms with Crippen LogP contribution in [-0.4, -0.2) is 0 Å². The van der Waals surface area contributed by atoms with Crippen LogP contribution in [0.1, 0.15) is 22.3 Å². The highest BCUT2D eigenvalue weighted by molar-refractivity contribution is 9.12. The average Bonchev–Trinajstić information content (AvgIpc) is 2.99. The van der Waals surface area contributed by atoms with Gasteiger partial charge in [-0.3, -0.25) is 0 Å². The number of rotatable bonds is 2. The highest BCUT2D eigenvalue weighted by Crippen LogP contribution is 2.40. The first-order valence-corrected chi connectivity index (χ1v) is 9.24. The van der Waals surface area contributed by atoms with Crippen LogP contribution < -0.4 is 0 Å². The van der Waals surface area contributed by atoms with Crippen molar-refractivity contribution in [3.8, 4) is 0 Å². The Balaban J connectivity index is 1.69. The normalized spacial score (nSPS) is 15.5. The molecule has 0 bridgehead atoms. The van der Waals surface area contributed by atoms with Crippen LogP contribution in [0.15, 0.2) is 55.2 Å². The molecule has 4 rings (SSSR count). The molecule has 0 saturated heterocycles. The highest BCUT2D eigenvalue weighted by Gasteiger charge is 2.16. The summed E-state index contributed by atoms with van der Waals surface area (Å²) in [6.45, 7) is 0. The van der Waals surface area contributed by atoms with Gasteiger partial charge in [0.2, 0.25) is 0 Å². The minimum absolute atomic E-state index is 1.02. The van der Waals surface area contributed by atoms with Crippen LogP contribution in [0.2, 0.25) is 0 Å². The van der Waals surface area contributed by atoms with Gasteiger partial charge in [-0.15, -0.1) is 0 Å². The zero-order valence-electron chi connectivity index (χ0n) is 11.2. The van der Waals surface area contributed by atoms with Gasteiger partial charge in [0.15, 0.2) is 0 Å². The van der Waals surface area contributed by atoms with Crippen molar-refractivity contribution < 1.29 is 0 Å². The first-order valence-electron chi connectivity index (χ1n) is 6.84. The van der Waals surface area contributed by atoms with Crippen LogP contribution in [0.5, 0.6) is 0 Å². The summed E-state index contributed by atoms with van der Waals surface area (Å²) in [7, 11) is 0. The Morgan fingerprint density at radius 3 is 2.57 bits per heavy atom. The van der Waals surface area contributed by atoms with E-state index >= 15 is 0 Å². The molecule has 104 valence electrons. The highest BCUT2D eigenvalue weighted by atomic mass is 79.9. The van der Waals surface area contributed by atoms with Crippen molar-refractivity contribution in [1.82, 2.24) is 0 Å². The third kappa shape index (κ3) is 2.67. The number of allylic oxidation sites excluding steroid dienone is 2. The summed E-state index contributed by atoms with van der Waals surface area (Å²) in [6.07, 6.45) is 6.52. The van der Waals surface area contributed by atoms with Crippen molar-refractivity contribution in [2.75, 3.05) is 0 Å². The molecular weight excluding hydrogens is 408 g/mol. The van der Waals surface area contributed by atoms with Gasteiger partial charge in [-0.05, 0) is 52.6 Å². The van der Waals surface area contributed by atoms with Crippen LogP contribution in [0, 0.1) is 0 Å². The van der Waals surface area contributed by atoms with Crippen molar-refractivity contribution >= 4 is 55.8 Å². The Hall–Kier alpha value is -0.770. The fourth-order valence-electron chi connectivity index (χ4n) is 2.85. The Kier molecular flexibility index (Phi) is 3.60. The SMILES string of the molecule is BrC1=Cc2cc(Sc3cccc4c3C=C(Br)C4)ccc2C1. The number of hydrogen-bond donors (Lipinski definition) is 0. The summed E-state index contributed by atoms with van der Waals surface area (Å²) in [6, 6.07) is 13.4. The lowest BCUT2D eigenvalue weighted by atomic mass is 10.1. The van der Waals surface area contributed by atoms with Gasteiger partial charge in [0.25, 0.3) is 0 Å². The van der Waals surface area contributed by atoms with Gasteiger partial charge in [-0.2, -0.15) is 0 Å². The van der Waals surface area contributed by atoms with Gasteiger partial charge in [-0.25, -0.2) is 0 Å². The maximum atomic E-state index is 3.62. The van der Waals surface area contributed by atoms with Gasteiger partial charge in [-0.1, -0.05) is 61.8 Å². The number of benzene rings is 2. The summed E-state index contributed by atoms with van der Waals surface area (Å²) in [4.78, 5) is 2.64. The molecule has 0 aliphatic heterocycles. The van der Waals surface area contributed by atoms with Gasteiger partial charge in [0.1, 0.15) is 0 Å². The van der Waals surface area contributed by atoms with Crippen LogP contribution in [0.4, 0.5) is 0 Å². The quantitative estimate of drug-likeness (QED) is 0.540. The molecule has 3 heteroatoms. The average molecular weight is 420 g/mol. The molecule has 2 aliphatic rings. The second kappa shape index (κ2) is 5.45. The van der Waals surface area contributed by atoms with Crippen LogP contribution in [-0.2, 0) is 12.8 Å². The maximum absolute atomic E-state index is 3.62. The molecule has 0 N–H and O–H groups in total. The first-order chi connectivity index (χ1) is 10.2. The molecule has 0 nitrogen and oxygen atoms in total. The number of fused-ring (bicyclic) bond motifs is 2. The summed E-state index contributed by atoms with van der Waals surface area (Å²) >= 11 is 9.08. The molecule has 0 amide bonds. The number of hydrogen-bond acceptors (Lipinski definition) is 1. The molecule has 0 aromatic heterocycles. The molecule has 2 aliphatic carbocycles. The van der Waals surface area contributed by atoms with E-state index < -0.39 is 0 Å². The van der Waals surface area contributed by atoms with Crippen LogP contribution in [0.3, 0.4) is 0 Å². The molecule has 0 unspecified atom stereocenters. The van der Waals surface area contributed by atoms with Gasteiger partial charge < -0.3 is 0 Å². The predicted octanol–water partition coefficient (Wildman–Crippen LogP) is 6.42. The lowest BCUT2D eigenvalue weighted by Crippen LogP contribution is -1.86. The van der Waals surface area contributed by atoms with Crippen molar-refractivity contribution in [2.45, 2.75) is 22.6 Å². The lowest BCUT2D eigenvalue weighted by Gasteiger charge is -2.08. The molecule has 0 fully saturated rings. The Morgan fingerprint density at radius 1 is 0.857 bits per heavy atom. The molecule has 2 aromatic carbocycles. The Labute approximate surface area is 145 Å². The van der Waals surface area contributed by atoms with E-state index in [1.165, 1.54) is 41.0 Å². The minimum atomic E-state index is 1.02. The van der Waals surface area contributed by atoms with E-state index in [2.05, 4.69) is 80.4 Å². The lowest BCUT2D eigenvalue weighted by molar-refractivity contribution is 1.25. The second-order valence-corrected chi connectivity index (χ2v) is 8.48.